The van der Waals surface area contributed by atoms with Crippen LogP contribution in [0.1, 0.15) is 16.7 Å². The lowest BCUT2D eigenvalue weighted by molar-refractivity contribution is -0.384. The van der Waals surface area contributed by atoms with Crippen LogP contribution in [0.15, 0.2) is 78.9 Å². The van der Waals surface area contributed by atoms with Crippen LogP contribution in [0.5, 0.6) is 23.0 Å². The highest BCUT2D eigenvalue weighted by atomic mass is 16.7. The summed E-state index contributed by atoms with van der Waals surface area (Å²) in [5, 5.41) is 12.8. The van der Waals surface area contributed by atoms with Crippen molar-refractivity contribution in [1.29, 1.82) is 0 Å². The zero-order valence-electron chi connectivity index (χ0n) is 19.6. The third-order valence-electron chi connectivity index (χ3n) is 6.49. The van der Waals surface area contributed by atoms with Gasteiger partial charge >= 0.3 is 0 Å². The minimum absolute atomic E-state index is 0.0454. The average Bonchev–Trinajstić information content (AvgIpc) is 2.91. The summed E-state index contributed by atoms with van der Waals surface area (Å²) in [5.41, 5.74) is 3.41. The molecule has 36 heavy (non-hydrogen) atoms. The molecule has 1 atom stereocenters. The number of methoxy groups -OCH3 is 2. The van der Waals surface area contributed by atoms with E-state index in [9.17, 15) is 10.1 Å². The molecular weight excluding hydrogens is 458 g/mol. The summed E-state index contributed by atoms with van der Waals surface area (Å²) < 4.78 is 24.3. The number of nitrogens with zero attached hydrogens (tertiary/aromatic N) is 1. The second kappa shape index (κ2) is 8.16. The SMILES string of the molecule is COc1cc(OC)c2c(c1)OC1(C=Cc3c(ccc4cc([N+](=O)[O-])ccc34)O1)C(c1ccccc1)=C2. The predicted octanol–water partition coefficient (Wildman–Crippen LogP) is 6.50. The van der Waals surface area contributed by atoms with E-state index in [2.05, 4.69) is 0 Å². The maximum absolute atomic E-state index is 11.2. The third kappa shape index (κ3) is 3.36. The molecule has 0 bridgehead atoms. The van der Waals surface area contributed by atoms with Gasteiger partial charge in [-0.25, -0.2) is 0 Å². The minimum Gasteiger partial charge on any atom is -0.496 e. The fraction of sp³-hybridized carbons (Fsp3) is 0.103. The van der Waals surface area contributed by atoms with Gasteiger partial charge in [0.1, 0.15) is 23.0 Å². The Labute approximate surface area is 206 Å². The number of ether oxygens (including phenoxy) is 4. The number of nitro benzene ring substituents is 1. The first-order chi connectivity index (χ1) is 17.5. The lowest BCUT2D eigenvalue weighted by Crippen LogP contribution is -2.44. The fourth-order valence-electron chi connectivity index (χ4n) is 4.74. The highest BCUT2D eigenvalue weighted by Gasteiger charge is 2.44. The molecule has 6 rings (SSSR count). The van der Waals surface area contributed by atoms with Crippen molar-refractivity contribution in [3.63, 3.8) is 0 Å². The third-order valence-corrected chi connectivity index (χ3v) is 6.49. The summed E-state index contributed by atoms with van der Waals surface area (Å²) in [6, 6.07) is 22.0. The molecule has 0 saturated heterocycles. The van der Waals surface area contributed by atoms with Gasteiger partial charge in [-0.15, -0.1) is 0 Å². The van der Waals surface area contributed by atoms with Gasteiger partial charge in [0.25, 0.3) is 11.5 Å². The molecule has 0 radical (unpaired) electrons. The highest BCUT2D eigenvalue weighted by molar-refractivity contribution is 5.98. The summed E-state index contributed by atoms with van der Waals surface area (Å²) in [7, 11) is 3.20. The van der Waals surface area contributed by atoms with E-state index in [1.807, 2.05) is 72.8 Å². The number of benzene rings is 4. The second-order valence-corrected chi connectivity index (χ2v) is 8.51. The number of fused-ring (bicyclic) bond motifs is 4. The van der Waals surface area contributed by atoms with Crippen molar-refractivity contribution in [3.8, 4) is 23.0 Å². The molecular formula is C29H21NO6. The lowest BCUT2D eigenvalue weighted by Gasteiger charge is -2.40. The zero-order chi connectivity index (χ0) is 24.9. The molecule has 4 aromatic carbocycles. The maximum Gasteiger partial charge on any atom is 0.299 e. The molecule has 0 fully saturated rings. The van der Waals surface area contributed by atoms with Gasteiger partial charge in [0.15, 0.2) is 0 Å². The molecule has 0 aromatic heterocycles. The summed E-state index contributed by atoms with van der Waals surface area (Å²) in [6.45, 7) is 0. The van der Waals surface area contributed by atoms with Crippen LogP contribution in [-0.4, -0.2) is 24.9 Å². The van der Waals surface area contributed by atoms with Crippen LogP contribution in [0.3, 0.4) is 0 Å². The van der Waals surface area contributed by atoms with Crippen molar-refractivity contribution < 1.29 is 23.9 Å². The van der Waals surface area contributed by atoms with E-state index < -0.39 is 10.7 Å². The van der Waals surface area contributed by atoms with Crippen LogP contribution in [0.4, 0.5) is 5.69 Å². The molecule has 7 heteroatoms. The van der Waals surface area contributed by atoms with Crippen LogP contribution in [0.2, 0.25) is 0 Å². The quantitative estimate of drug-likeness (QED) is 0.246. The van der Waals surface area contributed by atoms with Crippen LogP contribution in [0.25, 0.3) is 28.5 Å². The number of rotatable bonds is 4. The number of hydrogen-bond acceptors (Lipinski definition) is 6. The molecule has 0 saturated carbocycles. The van der Waals surface area contributed by atoms with E-state index in [1.165, 1.54) is 6.07 Å². The summed E-state index contributed by atoms with van der Waals surface area (Å²) in [6.07, 6.45) is 5.85. The van der Waals surface area contributed by atoms with Crippen LogP contribution in [0, 0.1) is 10.1 Å². The molecule has 0 N–H and O–H groups in total. The largest absolute Gasteiger partial charge is 0.496 e. The molecule has 0 aliphatic carbocycles. The fourth-order valence-corrected chi connectivity index (χ4v) is 4.74. The second-order valence-electron chi connectivity index (χ2n) is 8.51. The Kier molecular flexibility index (Phi) is 4.93. The van der Waals surface area contributed by atoms with Gasteiger partial charge in [-0.05, 0) is 40.6 Å². The average molecular weight is 479 g/mol. The van der Waals surface area contributed by atoms with Crippen LogP contribution in [-0.2, 0) is 0 Å². The van der Waals surface area contributed by atoms with E-state index in [0.717, 1.165) is 33.0 Å². The number of non-ortho nitro benzene ring substituents is 1. The van der Waals surface area contributed by atoms with E-state index in [-0.39, 0.29) is 5.69 Å². The smallest absolute Gasteiger partial charge is 0.299 e. The summed E-state index contributed by atoms with van der Waals surface area (Å²) in [5.74, 6) is 1.16. The van der Waals surface area contributed by atoms with Gasteiger partial charge in [-0.1, -0.05) is 36.4 Å². The monoisotopic (exact) mass is 479 g/mol. The maximum atomic E-state index is 11.2. The molecule has 2 heterocycles. The van der Waals surface area contributed by atoms with Crippen molar-refractivity contribution in [2.75, 3.05) is 14.2 Å². The lowest BCUT2D eigenvalue weighted by atomic mass is 9.89. The molecule has 2 aliphatic rings. The molecule has 0 amide bonds. The van der Waals surface area contributed by atoms with Crippen LogP contribution < -0.4 is 18.9 Å². The predicted molar refractivity (Wildman–Crippen MR) is 137 cm³/mol. The van der Waals surface area contributed by atoms with Gasteiger partial charge < -0.3 is 18.9 Å². The first-order valence-electron chi connectivity index (χ1n) is 11.3. The Hall–Kier alpha value is -4.78. The van der Waals surface area contributed by atoms with Gasteiger partial charge in [0, 0.05) is 41.5 Å². The first kappa shape index (κ1) is 21.7. The molecule has 178 valence electrons. The zero-order valence-corrected chi connectivity index (χ0v) is 19.6. The minimum atomic E-state index is -1.24. The molecule has 4 aromatic rings. The van der Waals surface area contributed by atoms with E-state index in [1.54, 1.807) is 26.4 Å². The number of hydrogen-bond donors (Lipinski definition) is 0. The molecule has 7 nitrogen and oxygen atoms in total. The van der Waals surface area contributed by atoms with Crippen molar-refractivity contribution >= 4 is 34.2 Å². The molecule has 2 aliphatic heterocycles. The summed E-state index contributed by atoms with van der Waals surface area (Å²) in [4.78, 5) is 10.8. The Morgan fingerprint density at radius 2 is 1.67 bits per heavy atom. The van der Waals surface area contributed by atoms with Gasteiger partial charge in [0.2, 0.25) is 0 Å². The standard InChI is InChI=1S/C29H21NO6/c1-33-21-15-27(34-2)24-17-25(18-6-4-3-5-7-18)29(36-28(24)16-21)13-12-23-22-10-9-20(30(31)32)14-19(22)8-11-26(23)35-29/h3-17H,1-2H3. The van der Waals surface area contributed by atoms with Crippen molar-refractivity contribution in [2.24, 2.45) is 0 Å². The Morgan fingerprint density at radius 1 is 0.861 bits per heavy atom. The molecule has 1 unspecified atom stereocenters. The highest BCUT2D eigenvalue weighted by Crippen LogP contribution is 2.50. The Balaban J connectivity index is 1.53. The summed E-state index contributed by atoms with van der Waals surface area (Å²) >= 11 is 0. The number of nitro groups is 1. The topological polar surface area (TPSA) is 80.1 Å². The van der Waals surface area contributed by atoms with Gasteiger partial charge in [-0.3, -0.25) is 10.1 Å². The van der Waals surface area contributed by atoms with Gasteiger partial charge in [-0.2, -0.15) is 0 Å². The Bertz CT molecular complexity index is 1590. The van der Waals surface area contributed by atoms with E-state index in [4.69, 9.17) is 18.9 Å². The van der Waals surface area contributed by atoms with Crippen molar-refractivity contribution in [1.82, 2.24) is 0 Å². The first-order valence-corrected chi connectivity index (χ1v) is 11.3. The van der Waals surface area contributed by atoms with Crippen LogP contribution >= 0.6 is 0 Å². The van der Waals surface area contributed by atoms with Crippen molar-refractivity contribution in [2.45, 2.75) is 5.79 Å². The van der Waals surface area contributed by atoms with E-state index in [0.29, 0.717) is 23.0 Å². The normalized spacial score (nSPS) is 17.4. The Morgan fingerprint density at radius 3 is 2.42 bits per heavy atom. The van der Waals surface area contributed by atoms with Gasteiger partial charge in [0.05, 0.1) is 24.7 Å². The molecule has 1 spiro atoms. The van der Waals surface area contributed by atoms with E-state index >= 15 is 0 Å². The van der Waals surface area contributed by atoms with Crippen molar-refractivity contribution in [3.05, 3.63) is 106 Å².